The van der Waals surface area contributed by atoms with E-state index in [1.54, 1.807) is 12.1 Å². The minimum Gasteiger partial charge on any atom is -0.464 e. The third-order valence-electron chi connectivity index (χ3n) is 17.3. The molecule has 1 unspecified atom stereocenters. The van der Waals surface area contributed by atoms with Crippen LogP contribution in [0.1, 0.15) is 95.2 Å². The summed E-state index contributed by atoms with van der Waals surface area (Å²) in [5.41, 5.74) is 10.6. The molecule has 4 aromatic rings. The summed E-state index contributed by atoms with van der Waals surface area (Å²) >= 11 is 1.47. The number of carbonyl (C=O) groups is 3. The van der Waals surface area contributed by atoms with E-state index in [1.165, 1.54) is 11.3 Å². The van der Waals surface area contributed by atoms with Crippen LogP contribution in [0, 0.1) is 40.9 Å². The number of cyclic esters (lactones) is 1. The molecule has 76 heavy (non-hydrogen) atoms. The Bertz CT molecular complexity index is 2910. The van der Waals surface area contributed by atoms with Gasteiger partial charge in [-0.05, 0) is 87.5 Å². The molecule has 8 aliphatic rings. The van der Waals surface area contributed by atoms with Crippen LogP contribution in [0.5, 0.6) is 0 Å². The number of nitrogens with one attached hydrogen (secondary N) is 2. The van der Waals surface area contributed by atoms with E-state index in [2.05, 4.69) is 101 Å². The molecule has 6 aliphatic heterocycles. The van der Waals surface area contributed by atoms with E-state index in [1.807, 2.05) is 13.1 Å². The molecule has 0 radical (unpaired) electrons. The van der Waals surface area contributed by atoms with Crippen LogP contribution in [0.2, 0.25) is 0 Å². The van der Waals surface area contributed by atoms with Gasteiger partial charge in [0.2, 0.25) is 11.6 Å². The van der Waals surface area contributed by atoms with Crippen molar-refractivity contribution in [1.82, 2.24) is 35.2 Å². The molecule has 9 heterocycles. The zero-order chi connectivity index (χ0) is 52.8. The Hall–Kier alpha value is -5.10. The SMILES string of the molecule is CO[C@@H](C)c1ncc(C#C[C@@H](C)N2CCOCC2)cc1-c1c2c3cc(ccc3n1CCOC1CCOCC1)-c1csc(n1)C(=[N+]1CCOCC1)[C@H](NC(=O)C1[C@@H](C)[C@H]1C)C(=O)N1N[C@H](C(=O)OCC(C)(C)C2)C2CC1C2. The Morgan fingerprint density at radius 1 is 1.01 bits per heavy atom. The molecule has 7 atom stereocenters. The summed E-state index contributed by atoms with van der Waals surface area (Å²) in [5.74, 6) is 6.36. The predicted molar refractivity (Wildman–Crippen MR) is 288 cm³/mol. The third kappa shape index (κ3) is 10.7. The number of methoxy groups -OCH3 is 1. The van der Waals surface area contributed by atoms with Gasteiger partial charge in [0.05, 0.1) is 61.8 Å². The summed E-state index contributed by atoms with van der Waals surface area (Å²) in [6.45, 7) is 20.1. The van der Waals surface area contributed by atoms with Gasteiger partial charge in [0.25, 0.3) is 5.91 Å². The number of morpholine rings is 2. The molecule has 5 saturated heterocycles. The molecule has 12 rings (SSSR count). The van der Waals surface area contributed by atoms with E-state index in [9.17, 15) is 9.59 Å². The minimum atomic E-state index is -1.07. The average Bonchev–Trinajstić information content (AvgIpc) is 3.68. The molecule has 7 fully saturated rings. The molecule has 17 nitrogen and oxygen atoms in total. The van der Waals surface area contributed by atoms with Crippen molar-refractivity contribution < 1.29 is 47.4 Å². The summed E-state index contributed by atoms with van der Waals surface area (Å²) in [6, 6.07) is 6.79. The highest BCUT2D eigenvalue weighted by molar-refractivity contribution is 7.12. The number of hydrogen-bond acceptors (Lipinski definition) is 14. The van der Waals surface area contributed by atoms with Crippen molar-refractivity contribution in [3.05, 3.63) is 57.7 Å². The normalized spacial score (nSPS) is 27.9. The monoisotopic (exact) mass is 1060 g/mol. The van der Waals surface area contributed by atoms with Crippen LogP contribution in [0.4, 0.5) is 0 Å². The second-order valence-corrected chi connectivity index (χ2v) is 23.7. The average molecular weight is 1060 g/mol. The third-order valence-corrected chi connectivity index (χ3v) is 18.1. The van der Waals surface area contributed by atoms with Crippen LogP contribution >= 0.6 is 11.3 Å². The Morgan fingerprint density at radius 2 is 1.75 bits per heavy atom. The van der Waals surface area contributed by atoms with Gasteiger partial charge in [-0.3, -0.25) is 29.3 Å². The van der Waals surface area contributed by atoms with E-state index >= 15 is 4.79 Å². The van der Waals surface area contributed by atoms with E-state index in [0.717, 1.165) is 76.2 Å². The minimum absolute atomic E-state index is 0.00737. The van der Waals surface area contributed by atoms with Crippen molar-refractivity contribution in [2.75, 3.05) is 86.1 Å². The van der Waals surface area contributed by atoms with Crippen LogP contribution in [-0.2, 0) is 55.8 Å². The lowest BCUT2D eigenvalue weighted by atomic mass is 9.73. The number of hydrazine groups is 1. The number of esters is 1. The van der Waals surface area contributed by atoms with Crippen molar-refractivity contribution >= 4 is 45.7 Å². The number of thiazole rings is 1. The number of pyridine rings is 1. The van der Waals surface area contributed by atoms with Gasteiger partial charge in [0, 0.05) is 96.5 Å². The van der Waals surface area contributed by atoms with Crippen molar-refractivity contribution in [2.45, 2.75) is 117 Å². The smallest absolute Gasteiger partial charge is 0.325 e. The molecule has 2 saturated carbocycles. The Kier molecular flexibility index (Phi) is 15.6. The van der Waals surface area contributed by atoms with Crippen molar-refractivity contribution in [3.63, 3.8) is 0 Å². The fourth-order valence-corrected chi connectivity index (χ4v) is 13.2. The summed E-state index contributed by atoms with van der Waals surface area (Å²) in [6.07, 6.45) is 5.13. The van der Waals surface area contributed by atoms with Crippen molar-refractivity contribution in [1.29, 1.82) is 0 Å². The number of benzene rings is 1. The topological polar surface area (TPSA) is 171 Å². The number of amides is 2. The molecule has 2 aliphatic carbocycles. The van der Waals surface area contributed by atoms with E-state index in [4.69, 9.17) is 38.4 Å². The van der Waals surface area contributed by atoms with Gasteiger partial charge in [0.15, 0.2) is 24.1 Å². The number of aromatic nitrogens is 3. The van der Waals surface area contributed by atoms with Crippen LogP contribution < -0.4 is 10.7 Å². The van der Waals surface area contributed by atoms with E-state index < -0.39 is 23.5 Å². The summed E-state index contributed by atoms with van der Waals surface area (Å²) in [5, 5.41) is 8.61. The highest BCUT2D eigenvalue weighted by Crippen LogP contribution is 2.46. The van der Waals surface area contributed by atoms with Gasteiger partial charge in [-0.15, -0.1) is 11.3 Å². The lowest BCUT2D eigenvalue weighted by molar-refractivity contribution is -0.550. The highest BCUT2D eigenvalue weighted by Gasteiger charge is 2.55. The fourth-order valence-electron chi connectivity index (χ4n) is 12.3. The van der Waals surface area contributed by atoms with Crippen molar-refractivity contribution in [3.8, 4) is 34.4 Å². The zero-order valence-electron chi connectivity index (χ0n) is 45.2. The Labute approximate surface area is 450 Å². The standard InChI is InChI=1S/C58H74N8O9S/c1-34(63-14-21-72-22-15-63)8-9-38-26-44(49(59-31-38)37(4)70-7)52-45-30-58(5,6)33-75-57(69)50-40-27-41(28-40)66(62-50)56(68)51(61-54(67)48-35(2)36(48)3)53(64-16-23-73-24-17-64)55-60-46(32-76-55)39-10-11-47(43(45)29-39)65(52)18-25-74-42-12-19-71-20-13-42/h10-11,26,29,31-32,34-37,40-42,48,50-51,62H,12-25,27-28,30,33H2,1-7H3/p+1/t34-,35-,36+,37+,40?,41?,48?,50+,51+/m1/s1. The van der Waals surface area contributed by atoms with Gasteiger partial charge in [-0.25, -0.2) is 15.0 Å². The molecule has 1 aromatic carbocycles. The molecule has 0 spiro atoms. The first-order valence-electron chi connectivity index (χ1n) is 27.7. The molecular formula is C58H75N8O9S+. The van der Waals surface area contributed by atoms with Gasteiger partial charge >= 0.3 is 5.97 Å². The first-order valence-corrected chi connectivity index (χ1v) is 28.6. The molecular weight excluding hydrogens is 985 g/mol. The lowest BCUT2D eigenvalue weighted by Gasteiger charge is -2.53. The van der Waals surface area contributed by atoms with Crippen molar-refractivity contribution in [2.24, 2.45) is 29.1 Å². The second-order valence-electron chi connectivity index (χ2n) is 22.9. The maximum absolute atomic E-state index is 15.4. The van der Waals surface area contributed by atoms with E-state index in [-0.39, 0.29) is 66.4 Å². The van der Waals surface area contributed by atoms with Gasteiger partial charge in [-0.1, -0.05) is 45.6 Å². The largest absolute Gasteiger partial charge is 0.464 e. The second kappa shape index (κ2) is 22.3. The summed E-state index contributed by atoms with van der Waals surface area (Å²) < 4.78 is 40.9. The molecule has 406 valence electrons. The van der Waals surface area contributed by atoms with Gasteiger partial charge in [0.1, 0.15) is 19.3 Å². The Balaban J connectivity index is 1.08. The van der Waals surface area contributed by atoms with E-state index in [0.29, 0.717) is 95.9 Å². The molecule has 2 amide bonds. The first kappa shape index (κ1) is 52.9. The summed E-state index contributed by atoms with van der Waals surface area (Å²) in [7, 11) is 1.71. The Morgan fingerprint density at radius 3 is 2.49 bits per heavy atom. The van der Waals surface area contributed by atoms with Gasteiger partial charge < -0.3 is 38.3 Å². The maximum Gasteiger partial charge on any atom is 0.325 e. The first-order chi connectivity index (χ1) is 36.8. The van der Waals surface area contributed by atoms with Crippen LogP contribution in [0.15, 0.2) is 35.8 Å². The maximum atomic E-state index is 15.4. The number of rotatable bonds is 10. The number of nitrogens with zero attached hydrogens (tertiary/aromatic N) is 6. The number of ether oxygens (including phenoxy) is 6. The van der Waals surface area contributed by atoms with Crippen LogP contribution in [0.25, 0.3) is 33.4 Å². The van der Waals surface area contributed by atoms with Crippen LogP contribution in [0.3, 0.4) is 0 Å². The number of carbonyl (C=O) groups excluding carboxylic acids is 3. The molecule has 3 aromatic heterocycles. The fraction of sp³-hybridized carbons (Fsp3) is 0.621. The lowest BCUT2D eigenvalue weighted by Crippen LogP contribution is -2.72. The zero-order valence-corrected chi connectivity index (χ0v) is 46.0. The quantitative estimate of drug-likeness (QED) is 0.114. The van der Waals surface area contributed by atoms with Gasteiger partial charge in [-0.2, -0.15) is 0 Å². The van der Waals surface area contributed by atoms with Crippen LogP contribution in [-0.4, -0.2) is 169 Å². The molecule has 8 bridgehead atoms. The number of fused-ring (bicyclic) bond motifs is 4. The molecule has 18 heteroatoms. The number of hydrogen-bond donors (Lipinski definition) is 2. The predicted octanol–water partition coefficient (Wildman–Crippen LogP) is 5.64. The summed E-state index contributed by atoms with van der Waals surface area (Å²) in [4.78, 5) is 57.1. The molecule has 2 N–H and O–H groups in total. The highest BCUT2D eigenvalue weighted by atomic mass is 32.1.